The van der Waals surface area contributed by atoms with E-state index in [9.17, 15) is 18.0 Å². The molecule has 0 aliphatic heterocycles. The van der Waals surface area contributed by atoms with Crippen LogP contribution in [-0.4, -0.2) is 40.1 Å². The summed E-state index contributed by atoms with van der Waals surface area (Å²) in [6.07, 6.45) is -5.97. The Morgan fingerprint density at radius 3 is 2.62 bits per heavy atom. The van der Waals surface area contributed by atoms with Gasteiger partial charge in [0.05, 0.1) is 6.61 Å². The van der Waals surface area contributed by atoms with E-state index in [0.29, 0.717) is 5.56 Å². The summed E-state index contributed by atoms with van der Waals surface area (Å²) < 4.78 is 41.7. The van der Waals surface area contributed by atoms with Gasteiger partial charge in [-0.2, -0.15) is 13.2 Å². The molecule has 2 rings (SSSR count). The normalized spacial score (nSPS) is 16.6. The second-order valence-electron chi connectivity index (χ2n) is 4.86. The molecule has 1 fully saturated rings. The highest BCUT2D eigenvalue weighted by molar-refractivity contribution is 5.85. The van der Waals surface area contributed by atoms with Crippen LogP contribution in [0.4, 0.5) is 13.2 Å². The molecule has 2 N–H and O–H groups in total. The number of aliphatic hydroxyl groups excluding tert-OH is 1. The molecular formula is C13H14F3NO4. The summed E-state index contributed by atoms with van der Waals surface area (Å²) in [4.78, 5) is 14.7. The van der Waals surface area contributed by atoms with Crippen molar-refractivity contribution < 1.29 is 32.9 Å². The van der Waals surface area contributed by atoms with Crippen LogP contribution >= 0.6 is 0 Å². The Hall–Kier alpha value is -1.83. The monoisotopic (exact) mass is 305 g/mol. The Morgan fingerprint density at radius 2 is 2.10 bits per heavy atom. The molecule has 0 bridgehead atoms. The van der Waals surface area contributed by atoms with E-state index in [1.165, 1.54) is 6.07 Å². The van der Waals surface area contributed by atoms with Gasteiger partial charge in [-0.1, -0.05) is 6.07 Å². The molecular weight excluding hydrogens is 291 g/mol. The quantitative estimate of drug-likeness (QED) is 0.843. The molecule has 1 saturated carbocycles. The molecule has 1 aliphatic carbocycles. The molecule has 21 heavy (non-hydrogen) atoms. The smallest absolute Gasteiger partial charge is 0.414 e. The topological polar surface area (TPSA) is 79.7 Å². The molecule has 1 aromatic heterocycles. The predicted octanol–water partition coefficient (Wildman–Crippen LogP) is 2.35. The molecule has 0 spiro atoms. The van der Waals surface area contributed by atoms with E-state index in [1.807, 2.05) is 0 Å². The van der Waals surface area contributed by atoms with Crippen molar-refractivity contribution in [3.05, 3.63) is 23.4 Å². The van der Waals surface area contributed by atoms with Crippen LogP contribution in [0.1, 0.15) is 41.2 Å². The number of rotatable bonds is 6. The second kappa shape index (κ2) is 5.88. The van der Waals surface area contributed by atoms with Gasteiger partial charge >= 0.3 is 12.1 Å². The predicted molar refractivity (Wildman–Crippen MR) is 65.3 cm³/mol. The molecule has 5 nitrogen and oxygen atoms in total. The molecule has 1 heterocycles. The Balaban J connectivity index is 2.04. The fourth-order valence-corrected chi connectivity index (χ4v) is 1.82. The summed E-state index contributed by atoms with van der Waals surface area (Å²) in [5, 5.41) is 17.7. The summed E-state index contributed by atoms with van der Waals surface area (Å²) in [5.41, 5.74) is 0.465. The zero-order valence-corrected chi connectivity index (χ0v) is 10.9. The van der Waals surface area contributed by atoms with Crippen molar-refractivity contribution in [2.75, 3.05) is 6.61 Å². The van der Waals surface area contributed by atoms with E-state index < -0.39 is 31.3 Å². The van der Waals surface area contributed by atoms with Gasteiger partial charge in [0.25, 0.3) is 0 Å². The average molecular weight is 305 g/mol. The Labute approximate surface area is 118 Å². The molecule has 1 aliphatic rings. The lowest BCUT2D eigenvalue weighted by molar-refractivity contribution is -0.206. The highest BCUT2D eigenvalue weighted by Crippen LogP contribution is 2.43. The lowest BCUT2D eigenvalue weighted by Gasteiger charge is -2.15. The molecule has 0 unspecified atom stereocenters. The first-order chi connectivity index (χ1) is 9.79. The van der Waals surface area contributed by atoms with Gasteiger partial charge in [-0.05, 0) is 24.8 Å². The van der Waals surface area contributed by atoms with E-state index in [4.69, 9.17) is 14.9 Å². The zero-order chi connectivity index (χ0) is 15.6. The van der Waals surface area contributed by atoms with E-state index in [2.05, 4.69) is 4.98 Å². The number of carbonyl (C=O) groups is 1. The maximum Gasteiger partial charge on any atom is 0.414 e. The van der Waals surface area contributed by atoms with Gasteiger partial charge < -0.3 is 14.9 Å². The minimum Gasteiger partial charge on any atom is -0.477 e. The Bertz CT molecular complexity index is 529. The lowest BCUT2D eigenvalue weighted by Crippen LogP contribution is -2.30. The summed E-state index contributed by atoms with van der Waals surface area (Å²) in [5.74, 6) is -0.993. The SMILES string of the molecule is O=C(O)c1ccc(C2CC2)c(OCC[C@H](O)C(F)(F)F)n1. The van der Waals surface area contributed by atoms with Gasteiger partial charge in [-0.3, -0.25) is 0 Å². The lowest BCUT2D eigenvalue weighted by atomic mass is 10.1. The summed E-state index contributed by atoms with van der Waals surface area (Å²) in [6, 6.07) is 2.91. The van der Waals surface area contributed by atoms with E-state index in [-0.39, 0.29) is 17.5 Å². The van der Waals surface area contributed by atoms with Crippen molar-refractivity contribution in [3.8, 4) is 5.88 Å². The van der Waals surface area contributed by atoms with Gasteiger partial charge in [-0.15, -0.1) is 0 Å². The van der Waals surface area contributed by atoms with E-state index >= 15 is 0 Å². The molecule has 0 aromatic carbocycles. The first-order valence-corrected chi connectivity index (χ1v) is 6.41. The number of halogens is 3. The van der Waals surface area contributed by atoms with Crippen LogP contribution in [0.3, 0.4) is 0 Å². The number of carboxylic acids is 1. The van der Waals surface area contributed by atoms with E-state index in [0.717, 1.165) is 12.8 Å². The number of pyridine rings is 1. The van der Waals surface area contributed by atoms with Crippen LogP contribution in [0.2, 0.25) is 0 Å². The van der Waals surface area contributed by atoms with Crippen molar-refractivity contribution in [2.45, 2.75) is 37.5 Å². The molecule has 1 aromatic rings. The summed E-state index contributed by atoms with van der Waals surface area (Å²) >= 11 is 0. The van der Waals surface area contributed by atoms with Crippen LogP contribution in [0.25, 0.3) is 0 Å². The van der Waals surface area contributed by atoms with Gasteiger partial charge in [0.2, 0.25) is 5.88 Å². The first-order valence-electron chi connectivity index (χ1n) is 6.41. The van der Waals surface area contributed by atoms with Gasteiger partial charge in [0.1, 0.15) is 0 Å². The number of aromatic nitrogens is 1. The fourth-order valence-electron chi connectivity index (χ4n) is 1.82. The maximum atomic E-state index is 12.2. The van der Waals surface area contributed by atoms with Crippen molar-refractivity contribution in [1.82, 2.24) is 4.98 Å². The summed E-state index contributed by atoms with van der Waals surface area (Å²) in [6.45, 7) is -0.392. The minimum absolute atomic E-state index is 0.0341. The number of carboxylic acid groups (broad SMARTS) is 1. The number of nitrogens with zero attached hydrogens (tertiary/aromatic N) is 1. The highest BCUT2D eigenvalue weighted by atomic mass is 19.4. The molecule has 0 saturated heterocycles. The van der Waals surface area contributed by atoms with Crippen LogP contribution < -0.4 is 4.74 Å². The van der Waals surface area contributed by atoms with Crippen LogP contribution in [0, 0.1) is 0 Å². The zero-order valence-electron chi connectivity index (χ0n) is 10.9. The van der Waals surface area contributed by atoms with Gasteiger partial charge in [0, 0.05) is 12.0 Å². The number of hydrogen-bond donors (Lipinski definition) is 2. The first kappa shape index (κ1) is 15.6. The number of ether oxygens (including phenoxy) is 1. The third kappa shape index (κ3) is 4.07. The third-order valence-corrected chi connectivity index (χ3v) is 3.13. The Kier molecular flexibility index (Phi) is 4.36. The molecule has 8 heteroatoms. The largest absolute Gasteiger partial charge is 0.477 e. The second-order valence-corrected chi connectivity index (χ2v) is 4.86. The third-order valence-electron chi connectivity index (χ3n) is 3.13. The number of aliphatic hydroxyl groups is 1. The molecule has 116 valence electrons. The van der Waals surface area contributed by atoms with Crippen molar-refractivity contribution in [3.63, 3.8) is 0 Å². The standard InChI is InChI=1S/C13H14F3NO4/c14-13(15,16)10(18)5-6-21-11-8(7-1-2-7)3-4-9(17-11)12(19)20/h3-4,7,10,18H,1-2,5-6H2,(H,19,20)/t10-/m0/s1. The number of aromatic carboxylic acids is 1. The van der Waals surface area contributed by atoms with Gasteiger partial charge in [-0.25, -0.2) is 9.78 Å². The number of hydrogen-bond acceptors (Lipinski definition) is 4. The fraction of sp³-hybridized carbons (Fsp3) is 0.538. The molecule has 0 amide bonds. The van der Waals surface area contributed by atoms with Gasteiger partial charge in [0.15, 0.2) is 11.8 Å². The highest BCUT2D eigenvalue weighted by Gasteiger charge is 2.38. The number of alkyl halides is 3. The molecule has 0 radical (unpaired) electrons. The van der Waals surface area contributed by atoms with E-state index in [1.54, 1.807) is 6.07 Å². The van der Waals surface area contributed by atoms with Crippen LogP contribution in [0.15, 0.2) is 12.1 Å². The van der Waals surface area contributed by atoms with Crippen molar-refractivity contribution >= 4 is 5.97 Å². The minimum atomic E-state index is -4.70. The maximum absolute atomic E-state index is 12.2. The van der Waals surface area contributed by atoms with Crippen molar-refractivity contribution in [1.29, 1.82) is 0 Å². The Morgan fingerprint density at radius 1 is 1.43 bits per heavy atom. The average Bonchev–Trinajstić information content (AvgIpc) is 3.21. The van der Waals surface area contributed by atoms with Crippen LogP contribution in [-0.2, 0) is 0 Å². The summed E-state index contributed by atoms with van der Waals surface area (Å²) in [7, 11) is 0. The van der Waals surface area contributed by atoms with Crippen LogP contribution in [0.5, 0.6) is 5.88 Å². The van der Waals surface area contributed by atoms with Crippen molar-refractivity contribution in [2.24, 2.45) is 0 Å². The molecule has 1 atom stereocenters.